The Labute approximate surface area is 108 Å². The third kappa shape index (κ3) is 1.16. The van der Waals surface area contributed by atoms with Crippen molar-refractivity contribution < 1.29 is 5.11 Å². The van der Waals surface area contributed by atoms with E-state index in [2.05, 4.69) is 50.2 Å². The summed E-state index contributed by atoms with van der Waals surface area (Å²) in [6, 6.07) is 12.6. The molecule has 1 aliphatic rings. The Morgan fingerprint density at radius 2 is 1.67 bits per heavy atom. The minimum atomic E-state index is -0.862. The number of fused-ring (bicyclic) bond motifs is 3. The molecular formula is C16H19NO. The zero-order valence-electron chi connectivity index (χ0n) is 11.4. The van der Waals surface area contributed by atoms with Gasteiger partial charge >= 0.3 is 0 Å². The van der Waals surface area contributed by atoms with E-state index < -0.39 is 5.72 Å². The van der Waals surface area contributed by atoms with Gasteiger partial charge in [-0.15, -0.1) is 0 Å². The fourth-order valence-electron chi connectivity index (χ4n) is 3.09. The molecule has 2 nitrogen and oxygen atoms in total. The van der Waals surface area contributed by atoms with Crippen molar-refractivity contribution >= 4 is 16.5 Å². The summed E-state index contributed by atoms with van der Waals surface area (Å²) in [7, 11) is 1.96. The van der Waals surface area contributed by atoms with Gasteiger partial charge in [-0.25, -0.2) is 0 Å². The Bertz CT molecular complexity index is 628. The highest BCUT2D eigenvalue weighted by molar-refractivity contribution is 5.93. The summed E-state index contributed by atoms with van der Waals surface area (Å²) in [6.45, 7) is 6.12. The van der Waals surface area contributed by atoms with Crippen LogP contribution in [0.15, 0.2) is 36.4 Å². The molecule has 3 rings (SSSR count). The van der Waals surface area contributed by atoms with Crippen molar-refractivity contribution in [1.82, 2.24) is 0 Å². The summed E-state index contributed by atoms with van der Waals surface area (Å²) in [4.78, 5) is 1.98. The third-order valence-corrected chi connectivity index (χ3v) is 4.73. The van der Waals surface area contributed by atoms with Gasteiger partial charge in [0, 0.05) is 18.2 Å². The number of hydrogen-bond donors (Lipinski definition) is 1. The molecule has 0 bridgehead atoms. The Morgan fingerprint density at radius 3 is 2.39 bits per heavy atom. The molecule has 0 aliphatic carbocycles. The molecule has 0 saturated carbocycles. The van der Waals surface area contributed by atoms with E-state index in [0.29, 0.717) is 0 Å². The molecule has 0 radical (unpaired) electrons. The third-order valence-electron chi connectivity index (χ3n) is 4.73. The lowest BCUT2D eigenvalue weighted by Crippen LogP contribution is -2.51. The molecule has 1 heterocycles. The van der Waals surface area contributed by atoms with Crippen molar-refractivity contribution in [3.63, 3.8) is 0 Å². The van der Waals surface area contributed by atoms with Crippen LogP contribution in [0.25, 0.3) is 10.8 Å². The Kier molecular flexibility index (Phi) is 2.09. The van der Waals surface area contributed by atoms with Crippen LogP contribution in [0.5, 0.6) is 0 Å². The van der Waals surface area contributed by atoms with E-state index in [1.807, 2.05) is 18.9 Å². The van der Waals surface area contributed by atoms with Crippen LogP contribution in [0, 0.1) is 0 Å². The molecule has 2 aromatic carbocycles. The summed E-state index contributed by atoms with van der Waals surface area (Å²) in [5.74, 6) is 0. The molecule has 0 saturated heterocycles. The van der Waals surface area contributed by atoms with Crippen LogP contribution >= 0.6 is 0 Å². The molecule has 0 spiro atoms. The number of benzene rings is 2. The summed E-state index contributed by atoms with van der Waals surface area (Å²) in [6.07, 6.45) is 0. The maximum Gasteiger partial charge on any atom is 0.144 e. The van der Waals surface area contributed by atoms with E-state index in [0.717, 1.165) is 5.69 Å². The molecule has 1 aliphatic heterocycles. The van der Waals surface area contributed by atoms with Gasteiger partial charge in [0.2, 0.25) is 0 Å². The normalized spacial score (nSPS) is 25.5. The second-order valence-corrected chi connectivity index (χ2v) is 5.89. The molecule has 94 valence electrons. The van der Waals surface area contributed by atoms with Crippen molar-refractivity contribution in [3.05, 3.63) is 42.0 Å². The Morgan fingerprint density at radius 1 is 1.00 bits per heavy atom. The van der Waals surface area contributed by atoms with E-state index >= 15 is 0 Å². The highest BCUT2D eigenvalue weighted by Crippen LogP contribution is 2.51. The van der Waals surface area contributed by atoms with Crippen molar-refractivity contribution in [2.24, 2.45) is 0 Å². The first-order valence-electron chi connectivity index (χ1n) is 6.36. The van der Waals surface area contributed by atoms with Crippen molar-refractivity contribution in [2.75, 3.05) is 11.9 Å². The highest BCUT2D eigenvalue weighted by Gasteiger charge is 2.52. The predicted octanol–water partition coefficient (Wildman–Crippen LogP) is 3.28. The average Bonchev–Trinajstić information content (AvgIpc) is 2.48. The van der Waals surface area contributed by atoms with Crippen LogP contribution < -0.4 is 4.90 Å². The molecule has 1 N–H and O–H groups in total. The zero-order chi connectivity index (χ0) is 13.1. The molecule has 0 amide bonds. The van der Waals surface area contributed by atoms with Gasteiger partial charge in [-0.05, 0) is 29.3 Å². The van der Waals surface area contributed by atoms with Crippen LogP contribution in [-0.2, 0) is 5.41 Å². The van der Waals surface area contributed by atoms with Gasteiger partial charge in [-0.3, -0.25) is 0 Å². The fourth-order valence-corrected chi connectivity index (χ4v) is 3.09. The first kappa shape index (κ1) is 11.5. The Hall–Kier alpha value is -1.54. The first-order valence-corrected chi connectivity index (χ1v) is 6.36. The number of hydrogen-bond acceptors (Lipinski definition) is 2. The van der Waals surface area contributed by atoms with E-state index in [1.165, 1.54) is 16.3 Å². The number of nitrogens with zero attached hydrogens (tertiary/aromatic N) is 1. The minimum Gasteiger partial charge on any atom is -0.370 e. The SMILES string of the molecule is CN1c2ccc3ccccc3c2C(C)(C)C1(C)O. The van der Waals surface area contributed by atoms with Crippen LogP contribution in [0.1, 0.15) is 26.3 Å². The van der Waals surface area contributed by atoms with Crippen LogP contribution in [-0.4, -0.2) is 17.9 Å². The van der Waals surface area contributed by atoms with E-state index in [-0.39, 0.29) is 5.41 Å². The molecular weight excluding hydrogens is 222 g/mol. The van der Waals surface area contributed by atoms with Gasteiger partial charge in [0.1, 0.15) is 5.72 Å². The molecule has 2 heteroatoms. The van der Waals surface area contributed by atoms with Gasteiger partial charge in [-0.1, -0.05) is 44.2 Å². The number of rotatable bonds is 0. The fraction of sp³-hybridized carbons (Fsp3) is 0.375. The van der Waals surface area contributed by atoms with Crippen molar-refractivity contribution in [2.45, 2.75) is 31.9 Å². The molecule has 18 heavy (non-hydrogen) atoms. The quantitative estimate of drug-likeness (QED) is 0.765. The number of likely N-dealkylation sites (N-methyl/N-ethyl adjacent to an activating group) is 1. The monoisotopic (exact) mass is 241 g/mol. The summed E-state index contributed by atoms with van der Waals surface area (Å²) >= 11 is 0. The first-order chi connectivity index (χ1) is 8.37. The van der Waals surface area contributed by atoms with E-state index in [4.69, 9.17) is 0 Å². The summed E-state index contributed by atoms with van der Waals surface area (Å²) in [5.41, 5.74) is 1.22. The lowest BCUT2D eigenvalue weighted by atomic mass is 9.77. The standard InChI is InChI=1S/C16H19NO/c1-15(2)14-12-8-6-5-7-11(12)9-10-13(14)17(4)16(15,3)18/h5-10,18H,1-4H3. The second kappa shape index (κ2) is 3.27. The van der Waals surface area contributed by atoms with Gasteiger partial charge < -0.3 is 10.0 Å². The topological polar surface area (TPSA) is 23.5 Å². The Balaban J connectivity index is 2.44. The van der Waals surface area contributed by atoms with Crippen LogP contribution in [0.4, 0.5) is 5.69 Å². The lowest BCUT2D eigenvalue weighted by molar-refractivity contribution is 0.00552. The summed E-state index contributed by atoms with van der Waals surface area (Å²) < 4.78 is 0. The van der Waals surface area contributed by atoms with E-state index in [1.54, 1.807) is 0 Å². The van der Waals surface area contributed by atoms with Crippen LogP contribution in [0.3, 0.4) is 0 Å². The van der Waals surface area contributed by atoms with Gasteiger partial charge in [0.25, 0.3) is 0 Å². The van der Waals surface area contributed by atoms with Gasteiger partial charge in [-0.2, -0.15) is 0 Å². The number of anilines is 1. The molecule has 0 aromatic heterocycles. The van der Waals surface area contributed by atoms with Crippen LogP contribution in [0.2, 0.25) is 0 Å². The van der Waals surface area contributed by atoms with E-state index in [9.17, 15) is 5.11 Å². The lowest BCUT2D eigenvalue weighted by Gasteiger charge is -2.38. The van der Waals surface area contributed by atoms with Gasteiger partial charge in [0.05, 0.1) is 0 Å². The minimum absolute atomic E-state index is 0.294. The van der Waals surface area contributed by atoms with Gasteiger partial charge in [0.15, 0.2) is 0 Å². The maximum atomic E-state index is 10.8. The van der Waals surface area contributed by atoms with Crippen molar-refractivity contribution in [1.29, 1.82) is 0 Å². The maximum absolute atomic E-state index is 10.8. The molecule has 2 aromatic rings. The molecule has 0 fully saturated rings. The predicted molar refractivity (Wildman–Crippen MR) is 76.0 cm³/mol. The summed E-state index contributed by atoms with van der Waals surface area (Å²) in [5, 5.41) is 13.3. The second-order valence-electron chi connectivity index (χ2n) is 5.89. The van der Waals surface area contributed by atoms with Crippen molar-refractivity contribution in [3.8, 4) is 0 Å². The smallest absolute Gasteiger partial charge is 0.144 e. The molecule has 1 unspecified atom stereocenters. The zero-order valence-corrected chi connectivity index (χ0v) is 11.4. The average molecular weight is 241 g/mol. The molecule has 1 atom stereocenters. The largest absolute Gasteiger partial charge is 0.370 e. The number of aliphatic hydroxyl groups is 1. The highest BCUT2D eigenvalue weighted by atomic mass is 16.3.